The minimum atomic E-state index is -0.608. The van der Waals surface area contributed by atoms with Gasteiger partial charge in [-0.15, -0.1) is 11.3 Å². The highest BCUT2D eigenvalue weighted by Gasteiger charge is 2.46. The second kappa shape index (κ2) is 7.43. The number of carbonyl (C=O) groups excluding carboxylic acids is 2. The fourth-order valence-corrected chi connectivity index (χ4v) is 4.91. The highest BCUT2D eigenvalue weighted by molar-refractivity contribution is 7.10. The highest BCUT2D eigenvalue weighted by atomic mass is 32.1. The first kappa shape index (κ1) is 18.7. The quantitative estimate of drug-likeness (QED) is 0.466. The van der Waals surface area contributed by atoms with E-state index in [0.717, 1.165) is 41.0 Å². The molecule has 1 fully saturated rings. The average Bonchev–Trinajstić information content (AvgIpc) is 3.38. The van der Waals surface area contributed by atoms with Crippen LogP contribution in [0.3, 0.4) is 0 Å². The molecular formula is C22H23NO4S. The molecule has 2 aromatic rings. The number of hydrogen-bond acceptors (Lipinski definition) is 5. The number of ether oxygens (including phenoxy) is 1. The fourth-order valence-electron chi connectivity index (χ4n) is 3.87. The number of fused-ring (bicyclic) bond motifs is 1. The van der Waals surface area contributed by atoms with Gasteiger partial charge in [0.2, 0.25) is 0 Å². The van der Waals surface area contributed by atoms with Gasteiger partial charge in [-0.2, -0.15) is 0 Å². The van der Waals surface area contributed by atoms with Crippen molar-refractivity contribution in [2.75, 3.05) is 13.2 Å². The van der Waals surface area contributed by atoms with Crippen LogP contribution in [0.25, 0.3) is 5.76 Å². The van der Waals surface area contributed by atoms with E-state index in [-0.39, 0.29) is 11.3 Å². The Labute approximate surface area is 168 Å². The molecule has 1 atom stereocenters. The van der Waals surface area contributed by atoms with Crippen molar-refractivity contribution in [1.82, 2.24) is 4.90 Å². The van der Waals surface area contributed by atoms with E-state index in [1.165, 1.54) is 11.3 Å². The SMILES string of the molecule is CCCCN1C(=O)C(=O)/C(=C(\O)c2ccc3c(c2)CCO3)C1c1sccc1C. The summed E-state index contributed by atoms with van der Waals surface area (Å²) in [6, 6.07) is 6.87. The number of rotatable bonds is 5. The van der Waals surface area contributed by atoms with E-state index in [0.29, 0.717) is 18.7 Å². The lowest BCUT2D eigenvalue weighted by atomic mass is 9.97. The van der Waals surface area contributed by atoms with E-state index in [4.69, 9.17) is 4.74 Å². The summed E-state index contributed by atoms with van der Waals surface area (Å²) in [4.78, 5) is 28.2. The van der Waals surface area contributed by atoms with Crippen molar-refractivity contribution in [1.29, 1.82) is 0 Å². The Morgan fingerprint density at radius 1 is 1.32 bits per heavy atom. The van der Waals surface area contributed by atoms with Crippen molar-refractivity contribution in [3.63, 3.8) is 0 Å². The van der Waals surface area contributed by atoms with E-state index >= 15 is 0 Å². The number of benzene rings is 1. The second-order valence-electron chi connectivity index (χ2n) is 7.23. The van der Waals surface area contributed by atoms with Crippen LogP contribution in [-0.2, 0) is 16.0 Å². The Morgan fingerprint density at radius 2 is 2.14 bits per heavy atom. The first-order chi connectivity index (χ1) is 13.5. The summed E-state index contributed by atoms with van der Waals surface area (Å²) >= 11 is 1.51. The van der Waals surface area contributed by atoms with Crippen molar-refractivity contribution in [3.05, 3.63) is 56.8 Å². The van der Waals surface area contributed by atoms with Crippen molar-refractivity contribution in [3.8, 4) is 5.75 Å². The summed E-state index contributed by atoms with van der Waals surface area (Å²) in [5, 5.41) is 13.0. The number of unbranched alkanes of at least 4 members (excludes halogenated alkanes) is 1. The van der Waals surface area contributed by atoms with Crippen molar-refractivity contribution >= 4 is 28.8 Å². The van der Waals surface area contributed by atoms with Gasteiger partial charge in [0.15, 0.2) is 0 Å². The minimum absolute atomic E-state index is 0.107. The highest BCUT2D eigenvalue weighted by Crippen LogP contribution is 2.43. The zero-order chi connectivity index (χ0) is 19.8. The molecule has 3 heterocycles. The molecule has 1 N–H and O–H groups in total. The largest absolute Gasteiger partial charge is 0.507 e. The Bertz CT molecular complexity index is 975. The molecule has 1 aromatic heterocycles. The zero-order valence-electron chi connectivity index (χ0n) is 16.0. The number of thiophene rings is 1. The molecule has 1 amide bonds. The molecule has 0 bridgehead atoms. The number of ketones is 1. The van der Waals surface area contributed by atoms with Crippen LogP contribution < -0.4 is 4.74 Å². The van der Waals surface area contributed by atoms with Crippen LogP contribution in [-0.4, -0.2) is 34.8 Å². The van der Waals surface area contributed by atoms with Gasteiger partial charge in [0, 0.05) is 23.4 Å². The van der Waals surface area contributed by atoms with Crippen molar-refractivity contribution in [2.45, 2.75) is 39.2 Å². The molecule has 0 saturated carbocycles. The van der Waals surface area contributed by atoms with E-state index in [1.807, 2.05) is 30.5 Å². The van der Waals surface area contributed by atoms with E-state index in [9.17, 15) is 14.7 Å². The lowest BCUT2D eigenvalue weighted by molar-refractivity contribution is -0.139. The van der Waals surface area contributed by atoms with Gasteiger partial charge < -0.3 is 14.7 Å². The fraction of sp³-hybridized carbons (Fsp3) is 0.364. The standard InChI is InChI=1S/C22H23NO4S/c1-3-4-9-23-18(21-13(2)8-11-28-21)17(20(25)22(23)26)19(24)15-5-6-16-14(12-15)7-10-27-16/h5-6,8,11-12,18,24H,3-4,7,9-10H2,1-2H3/b19-17-. The first-order valence-electron chi connectivity index (χ1n) is 9.61. The predicted octanol–water partition coefficient (Wildman–Crippen LogP) is 4.21. The molecule has 5 nitrogen and oxygen atoms in total. The molecule has 2 aliphatic heterocycles. The first-order valence-corrected chi connectivity index (χ1v) is 10.5. The van der Waals surface area contributed by atoms with Gasteiger partial charge in [-0.3, -0.25) is 9.59 Å². The number of carbonyl (C=O) groups is 2. The van der Waals surface area contributed by atoms with Gasteiger partial charge in [0.1, 0.15) is 11.5 Å². The topological polar surface area (TPSA) is 66.8 Å². The number of amides is 1. The van der Waals surface area contributed by atoms with Crippen LogP contribution >= 0.6 is 11.3 Å². The van der Waals surface area contributed by atoms with Gasteiger partial charge in [0.05, 0.1) is 18.2 Å². The number of nitrogens with zero attached hydrogens (tertiary/aromatic N) is 1. The molecule has 146 valence electrons. The molecule has 4 rings (SSSR count). The third-order valence-electron chi connectivity index (χ3n) is 5.41. The maximum atomic E-state index is 12.9. The van der Waals surface area contributed by atoms with Gasteiger partial charge in [-0.05, 0) is 54.1 Å². The van der Waals surface area contributed by atoms with E-state index < -0.39 is 17.7 Å². The Hall–Kier alpha value is -2.60. The monoisotopic (exact) mass is 397 g/mol. The number of aryl methyl sites for hydroxylation is 1. The zero-order valence-corrected chi connectivity index (χ0v) is 16.8. The average molecular weight is 397 g/mol. The van der Waals surface area contributed by atoms with Crippen molar-refractivity contribution < 1.29 is 19.4 Å². The normalized spacial score (nSPS) is 20.5. The molecule has 0 aliphatic carbocycles. The Balaban J connectivity index is 1.84. The summed E-state index contributed by atoms with van der Waals surface area (Å²) in [5.41, 5.74) is 2.77. The summed E-state index contributed by atoms with van der Waals surface area (Å²) in [7, 11) is 0. The number of aliphatic hydroxyl groups is 1. The number of aliphatic hydroxyl groups excluding tert-OH is 1. The number of hydrogen-bond donors (Lipinski definition) is 1. The molecule has 1 aromatic carbocycles. The smallest absolute Gasteiger partial charge is 0.295 e. The second-order valence-corrected chi connectivity index (χ2v) is 8.18. The predicted molar refractivity (Wildman–Crippen MR) is 109 cm³/mol. The lowest BCUT2D eigenvalue weighted by Gasteiger charge is -2.24. The molecule has 0 spiro atoms. The third kappa shape index (κ3) is 3.02. The molecular weight excluding hydrogens is 374 g/mol. The third-order valence-corrected chi connectivity index (χ3v) is 6.48. The molecule has 28 heavy (non-hydrogen) atoms. The van der Waals surface area contributed by atoms with Crippen LogP contribution in [0.4, 0.5) is 0 Å². The molecule has 1 saturated heterocycles. The number of Topliss-reactive ketones (excluding diaryl/α,β-unsaturated/α-hetero) is 1. The molecule has 0 radical (unpaired) electrons. The summed E-state index contributed by atoms with van der Waals surface area (Å²) in [6.07, 6.45) is 2.50. The van der Waals surface area contributed by atoms with Gasteiger partial charge in [0.25, 0.3) is 11.7 Å². The Kier molecular flexibility index (Phi) is 4.98. The van der Waals surface area contributed by atoms with Crippen LogP contribution in [0.2, 0.25) is 0 Å². The molecule has 1 unspecified atom stereocenters. The number of likely N-dealkylation sites (tertiary alicyclic amines) is 1. The van der Waals surface area contributed by atoms with Gasteiger partial charge in [-0.25, -0.2) is 0 Å². The summed E-state index contributed by atoms with van der Waals surface area (Å²) < 4.78 is 5.53. The Morgan fingerprint density at radius 3 is 2.86 bits per heavy atom. The van der Waals surface area contributed by atoms with Gasteiger partial charge in [-0.1, -0.05) is 13.3 Å². The van der Waals surface area contributed by atoms with Crippen LogP contribution in [0.5, 0.6) is 5.75 Å². The summed E-state index contributed by atoms with van der Waals surface area (Å²) in [5.74, 6) is -0.434. The van der Waals surface area contributed by atoms with Crippen LogP contribution in [0.15, 0.2) is 35.2 Å². The van der Waals surface area contributed by atoms with Gasteiger partial charge >= 0.3 is 0 Å². The lowest BCUT2D eigenvalue weighted by Crippen LogP contribution is -2.30. The minimum Gasteiger partial charge on any atom is -0.507 e. The van der Waals surface area contributed by atoms with Crippen LogP contribution in [0.1, 0.15) is 47.4 Å². The van der Waals surface area contributed by atoms with Crippen LogP contribution in [0, 0.1) is 6.92 Å². The summed E-state index contributed by atoms with van der Waals surface area (Å²) in [6.45, 7) is 5.14. The van der Waals surface area contributed by atoms with E-state index in [2.05, 4.69) is 6.92 Å². The van der Waals surface area contributed by atoms with Crippen molar-refractivity contribution in [2.24, 2.45) is 0 Å². The molecule has 6 heteroatoms. The van der Waals surface area contributed by atoms with E-state index in [1.54, 1.807) is 11.0 Å². The maximum absolute atomic E-state index is 12.9. The molecule has 2 aliphatic rings. The maximum Gasteiger partial charge on any atom is 0.295 e.